The van der Waals surface area contributed by atoms with E-state index in [2.05, 4.69) is 60.2 Å². The number of rotatable bonds is 6. The summed E-state index contributed by atoms with van der Waals surface area (Å²) in [5, 5.41) is 7.73. The SMILES string of the molecule is CCNC(=NCc1ncc(C(C)(C)C)o1)NCCc1sc(C)nc1C.I. The number of hydrogen-bond donors (Lipinski definition) is 2. The minimum Gasteiger partial charge on any atom is -0.443 e. The van der Waals surface area contributed by atoms with Crippen LogP contribution in [0.25, 0.3) is 0 Å². The molecule has 8 heteroatoms. The predicted octanol–water partition coefficient (Wildman–Crippen LogP) is 3.96. The van der Waals surface area contributed by atoms with Crippen molar-refractivity contribution < 1.29 is 4.42 Å². The lowest BCUT2D eigenvalue weighted by molar-refractivity contribution is 0.383. The molecular formula is C18H30IN5OS. The van der Waals surface area contributed by atoms with Gasteiger partial charge in [-0.2, -0.15) is 0 Å². The molecule has 0 saturated heterocycles. The molecule has 2 aromatic rings. The monoisotopic (exact) mass is 491 g/mol. The van der Waals surface area contributed by atoms with Gasteiger partial charge < -0.3 is 15.1 Å². The van der Waals surface area contributed by atoms with Crippen LogP contribution in [0.15, 0.2) is 15.6 Å². The third-order valence-electron chi connectivity index (χ3n) is 3.65. The van der Waals surface area contributed by atoms with Crippen LogP contribution in [0.3, 0.4) is 0 Å². The van der Waals surface area contributed by atoms with E-state index in [1.54, 1.807) is 17.5 Å². The van der Waals surface area contributed by atoms with Crippen molar-refractivity contribution in [3.8, 4) is 0 Å². The molecule has 0 atom stereocenters. The largest absolute Gasteiger partial charge is 0.443 e. The number of nitrogens with zero attached hydrogens (tertiary/aromatic N) is 3. The first kappa shape index (κ1) is 22.9. The van der Waals surface area contributed by atoms with Gasteiger partial charge in [-0.25, -0.2) is 15.0 Å². The van der Waals surface area contributed by atoms with Crippen molar-refractivity contribution >= 4 is 41.3 Å². The van der Waals surface area contributed by atoms with E-state index < -0.39 is 0 Å². The molecule has 6 nitrogen and oxygen atoms in total. The third-order valence-corrected chi connectivity index (χ3v) is 4.79. The lowest BCUT2D eigenvalue weighted by Gasteiger charge is -2.13. The van der Waals surface area contributed by atoms with E-state index in [4.69, 9.17) is 4.42 Å². The van der Waals surface area contributed by atoms with E-state index in [9.17, 15) is 0 Å². The molecule has 2 rings (SSSR count). The molecular weight excluding hydrogens is 461 g/mol. The van der Waals surface area contributed by atoms with Crippen LogP contribution in [-0.4, -0.2) is 29.0 Å². The molecule has 0 aliphatic heterocycles. The zero-order valence-corrected chi connectivity index (χ0v) is 19.6. The Bertz CT molecular complexity index is 717. The van der Waals surface area contributed by atoms with Gasteiger partial charge in [0.05, 0.1) is 16.9 Å². The predicted molar refractivity (Wildman–Crippen MR) is 119 cm³/mol. The Morgan fingerprint density at radius 3 is 2.54 bits per heavy atom. The lowest BCUT2D eigenvalue weighted by atomic mass is 9.94. The molecule has 146 valence electrons. The van der Waals surface area contributed by atoms with Gasteiger partial charge in [0.2, 0.25) is 5.89 Å². The molecule has 0 radical (unpaired) electrons. The van der Waals surface area contributed by atoms with Crippen LogP contribution < -0.4 is 10.6 Å². The van der Waals surface area contributed by atoms with Crippen molar-refractivity contribution in [1.82, 2.24) is 20.6 Å². The van der Waals surface area contributed by atoms with Gasteiger partial charge in [0.25, 0.3) is 0 Å². The summed E-state index contributed by atoms with van der Waals surface area (Å²) in [6.45, 7) is 14.5. The van der Waals surface area contributed by atoms with Crippen LogP contribution >= 0.6 is 35.3 Å². The van der Waals surface area contributed by atoms with E-state index in [0.29, 0.717) is 12.4 Å². The Kier molecular flexibility index (Phi) is 9.02. The smallest absolute Gasteiger partial charge is 0.216 e. The lowest BCUT2D eigenvalue weighted by Crippen LogP contribution is -2.38. The standard InChI is InChI=1S/C18H29N5OS.HI/c1-7-19-17(20-9-8-14-12(2)23-13(3)25-14)22-11-16-21-10-15(24-16)18(4,5)6;/h10H,7-9,11H2,1-6H3,(H2,19,20,22);1H. The van der Waals surface area contributed by atoms with Gasteiger partial charge in [0.1, 0.15) is 12.3 Å². The van der Waals surface area contributed by atoms with E-state index in [0.717, 1.165) is 41.9 Å². The van der Waals surface area contributed by atoms with Gasteiger partial charge in [-0.05, 0) is 20.8 Å². The first-order valence-corrected chi connectivity index (χ1v) is 9.51. The van der Waals surface area contributed by atoms with Gasteiger partial charge in [-0.3, -0.25) is 0 Å². The number of aromatic nitrogens is 2. The fourth-order valence-electron chi connectivity index (χ4n) is 2.32. The molecule has 0 saturated carbocycles. The molecule has 2 N–H and O–H groups in total. The summed E-state index contributed by atoms with van der Waals surface area (Å²) in [6.07, 6.45) is 2.73. The van der Waals surface area contributed by atoms with E-state index in [-0.39, 0.29) is 29.4 Å². The number of aryl methyl sites for hydroxylation is 2. The van der Waals surface area contributed by atoms with Gasteiger partial charge >= 0.3 is 0 Å². The third kappa shape index (κ3) is 6.86. The minimum atomic E-state index is -0.0392. The quantitative estimate of drug-likeness (QED) is 0.364. The minimum absolute atomic E-state index is 0. The van der Waals surface area contributed by atoms with Crippen molar-refractivity contribution in [2.24, 2.45) is 4.99 Å². The van der Waals surface area contributed by atoms with Gasteiger partial charge in [0.15, 0.2) is 5.96 Å². The van der Waals surface area contributed by atoms with Crippen molar-refractivity contribution in [2.45, 2.75) is 59.9 Å². The molecule has 0 aliphatic rings. The maximum absolute atomic E-state index is 5.79. The van der Waals surface area contributed by atoms with Crippen LogP contribution in [0, 0.1) is 13.8 Å². The van der Waals surface area contributed by atoms with Gasteiger partial charge in [-0.15, -0.1) is 35.3 Å². The molecule has 2 aromatic heterocycles. The summed E-state index contributed by atoms with van der Waals surface area (Å²) in [7, 11) is 0. The summed E-state index contributed by atoms with van der Waals surface area (Å²) in [4.78, 5) is 14.7. The van der Waals surface area contributed by atoms with Crippen molar-refractivity contribution in [2.75, 3.05) is 13.1 Å². The van der Waals surface area contributed by atoms with Gasteiger partial charge in [0, 0.05) is 29.8 Å². The highest BCUT2D eigenvalue weighted by Crippen LogP contribution is 2.22. The first-order valence-electron chi connectivity index (χ1n) is 8.70. The van der Waals surface area contributed by atoms with Gasteiger partial charge in [-0.1, -0.05) is 20.8 Å². The summed E-state index contributed by atoms with van der Waals surface area (Å²) >= 11 is 1.76. The highest BCUT2D eigenvalue weighted by atomic mass is 127. The highest BCUT2D eigenvalue weighted by molar-refractivity contribution is 14.0. The summed E-state index contributed by atoms with van der Waals surface area (Å²) in [6, 6.07) is 0. The number of thiazole rings is 1. The summed E-state index contributed by atoms with van der Waals surface area (Å²) in [5.74, 6) is 2.29. The Hall–Kier alpha value is -1.16. The molecule has 0 spiro atoms. The fourth-order valence-corrected chi connectivity index (χ4v) is 3.26. The van der Waals surface area contributed by atoms with Crippen LogP contribution in [0.5, 0.6) is 0 Å². The number of oxazole rings is 1. The second-order valence-corrected chi connectivity index (χ2v) is 8.27. The summed E-state index contributed by atoms with van der Waals surface area (Å²) in [5.41, 5.74) is 1.09. The second-order valence-electron chi connectivity index (χ2n) is 6.98. The topological polar surface area (TPSA) is 75.3 Å². The summed E-state index contributed by atoms with van der Waals surface area (Å²) < 4.78 is 5.79. The number of halogens is 1. The molecule has 0 aliphatic carbocycles. The Morgan fingerprint density at radius 2 is 2.00 bits per heavy atom. The highest BCUT2D eigenvalue weighted by Gasteiger charge is 2.19. The fraction of sp³-hybridized carbons (Fsp3) is 0.611. The molecule has 0 bridgehead atoms. The Labute approximate surface area is 177 Å². The van der Waals surface area contributed by atoms with Crippen LogP contribution in [-0.2, 0) is 18.4 Å². The second kappa shape index (κ2) is 10.2. The van der Waals surface area contributed by atoms with E-state index in [1.807, 2.05) is 6.92 Å². The maximum Gasteiger partial charge on any atom is 0.216 e. The average Bonchev–Trinajstić information content (AvgIpc) is 3.11. The molecule has 26 heavy (non-hydrogen) atoms. The zero-order valence-electron chi connectivity index (χ0n) is 16.5. The van der Waals surface area contributed by atoms with Crippen LogP contribution in [0.1, 0.15) is 54.9 Å². The first-order chi connectivity index (χ1) is 11.8. The Morgan fingerprint density at radius 1 is 1.27 bits per heavy atom. The van der Waals surface area contributed by atoms with Crippen molar-refractivity contribution in [3.63, 3.8) is 0 Å². The number of aliphatic imine (C=N–C) groups is 1. The molecule has 0 fully saturated rings. The molecule has 0 aromatic carbocycles. The van der Waals surface area contributed by atoms with Crippen molar-refractivity contribution in [3.05, 3.63) is 33.4 Å². The van der Waals surface area contributed by atoms with Crippen LogP contribution in [0.2, 0.25) is 0 Å². The number of nitrogens with one attached hydrogen (secondary N) is 2. The van der Waals surface area contributed by atoms with Crippen molar-refractivity contribution in [1.29, 1.82) is 0 Å². The number of guanidine groups is 1. The molecule has 0 amide bonds. The average molecular weight is 491 g/mol. The van der Waals surface area contributed by atoms with Crippen LogP contribution in [0.4, 0.5) is 0 Å². The Balaban J connectivity index is 0.00000338. The molecule has 2 heterocycles. The van der Waals surface area contributed by atoms with E-state index in [1.165, 1.54) is 4.88 Å². The molecule has 0 unspecified atom stereocenters. The van der Waals surface area contributed by atoms with E-state index >= 15 is 0 Å². The normalized spacial score (nSPS) is 12.0. The zero-order chi connectivity index (χ0) is 18.4. The number of hydrogen-bond acceptors (Lipinski definition) is 5. The maximum atomic E-state index is 5.79.